The van der Waals surface area contributed by atoms with E-state index < -0.39 is 0 Å². The summed E-state index contributed by atoms with van der Waals surface area (Å²) in [5, 5.41) is 0.699. The minimum Gasteiger partial charge on any atom is -0.379 e. The standard InChI is InChI=1S/C14H18ClNO2/c1-10(17)14(9-16-7-13(8-16)18-2)11-3-5-12(15)6-4-11/h3-6,13-14H,7-9H2,1-2H3/t14-/m0/s1. The first-order valence-electron chi connectivity index (χ1n) is 6.11. The summed E-state index contributed by atoms with van der Waals surface area (Å²) in [5.41, 5.74) is 1.03. The molecule has 0 N–H and O–H groups in total. The molecular formula is C14H18ClNO2. The van der Waals surface area contributed by atoms with Crippen LogP contribution in [-0.2, 0) is 9.53 Å². The number of methoxy groups -OCH3 is 1. The van der Waals surface area contributed by atoms with E-state index in [2.05, 4.69) is 4.90 Å². The number of likely N-dealkylation sites (tertiary alicyclic amines) is 1. The third-order valence-electron chi connectivity index (χ3n) is 3.46. The van der Waals surface area contributed by atoms with Crippen molar-refractivity contribution in [3.63, 3.8) is 0 Å². The fraction of sp³-hybridized carbons (Fsp3) is 0.500. The predicted octanol–water partition coefficient (Wildman–Crippen LogP) is 2.34. The highest BCUT2D eigenvalue weighted by molar-refractivity contribution is 6.30. The molecule has 0 saturated carbocycles. The van der Waals surface area contributed by atoms with Gasteiger partial charge in [-0.1, -0.05) is 23.7 Å². The zero-order chi connectivity index (χ0) is 13.1. The number of ether oxygens (including phenoxy) is 1. The Balaban J connectivity index is 2.01. The highest BCUT2D eigenvalue weighted by Gasteiger charge is 2.30. The Morgan fingerprint density at radius 3 is 2.56 bits per heavy atom. The highest BCUT2D eigenvalue weighted by Crippen LogP contribution is 2.23. The van der Waals surface area contributed by atoms with Gasteiger partial charge in [0.05, 0.1) is 12.0 Å². The van der Waals surface area contributed by atoms with E-state index in [-0.39, 0.29) is 11.7 Å². The number of nitrogens with zero attached hydrogens (tertiary/aromatic N) is 1. The van der Waals surface area contributed by atoms with Crippen molar-refractivity contribution in [2.24, 2.45) is 0 Å². The molecule has 1 aromatic carbocycles. The van der Waals surface area contributed by atoms with Crippen molar-refractivity contribution in [3.8, 4) is 0 Å². The van der Waals surface area contributed by atoms with Crippen LogP contribution in [0.2, 0.25) is 5.02 Å². The maximum Gasteiger partial charge on any atom is 0.138 e. The SMILES string of the molecule is COC1CN(C[C@@H](C(C)=O)c2ccc(Cl)cc2)C1. The number of hydrogen-bond donors (Lipinski definition) is 0. The maximum absolute atomic E-state index is 11.8. The maximum atomic E-state index is 11.8. The lowest BCUT2D eigenvalue weighted by atomic mass is 9.93. The molecule has 0 radical (unpaired) electrons. The topological polar surface area (TPSA) is 29.5 Å². The van der Waals surface area contributed by atoms with E-state index in [1.54, 1.807) is 14.0 Å². The lowest BCUT2D eigenvalue weighted by Crippen LogP contribution is -2.53. The second-order valence-corrected chi connectivity index (χ2v) is 5.23. The number of carbonyl (C=O) groups is 1. The van der Waals surface area contributed by atoms with Crippen LogP contribution in [0.25, 0.3) is 0 Å². The van der Waals surface area contributed by atoms with Gasteiger partial charge in [-0.2, -0.15) is 0 Å². The molecule has 0 aromatic heterocycles. The molecule has 1 atom stereocenters. The quantitative estimate of drug-likeness (QED) is 0.820. The number of hydrogen-bond acceptors (Lipinski definition) is 3. The van der Waals surface area contributed by atoms with Crippen LogP contribution in [0.1, 0.15) is 18.4 Å². The van der Waals surface area contributed by atoms with Crippen LogP contribution in [0.4, 0.5) is 0 Å². The van der Waals surface area contributed by atoms with Crippen molar-refractivity contribution in [1.82, 2.24) is 4.90 Å². The first-order valence-corrected chi connectivity index (χ1v) is 6.49. The summed E-state index contributed by atoms with van der Waals surface area (Å²) in [7, 11) is 1.73. The monoisotopic (exact) mass is 267 g/mol. The van der Waals surface area contributed by atoms with Gasteiger partial charge in [0.1, 0.15) is 5.78 Å². The molecule has 1 fully saturated rings. The summed E-state index contributed by atoms with van der Waals surface area (Å²) in [4.78, 5) is 14.0. The highest BCUT2D eigenvalue weighted by atomic mass is 35.5. The molecule has 0 spiro atoms. The van der Waals surface area contributed by atoms with E-state index in [0.29, 0.717) is 11.1 Å². The molecule has 0 unspecified atom stereocenters. The van der Waals surface area contributed by atoms with E-state index in [4.69, 9.17) is 16.3 Å². The smallest absolute Gasteiger partial charge is 0.138 e. The van der Waals surface area contributed by atoms with Gasteiger partial charge in [-0.15, -0.1) is 0 Å². The summed E-state index contributed by atoms with van der Waals surface area (Å²) >= 11 is 5.87. The lowest BCUT2D eigenvalue weighted by molar-refractivity contribution is -0.120. The summed E-state index contributed by atoms with van der Waals surface area (Å²) < 4.78 is 5.24. The van der Waals surface area contributed by atoms with Gasteiger partial charge in [0, 0.05) is 31.8 Å². The molecule has 0 amide bonds. The Morgan fingerprint density at radius 2 is 2.06 bits per heavy atom. The summed E-state index contributed by atoms with van der Waals surface area (Å²) in [6.07, 6.45) is 0.322. The summed E-state index contributed by atoms with van der Waals surface area (Å²) in [5.74, 6) is 0.123. The van der Waals surface area contributed by atoms with Crippen LogP contribution in [-0.4, -0.2) is 43.5 Å². The minimum atomic E-state index is -0.0694. The van der Waals surface area contributed by atoms with Gasteiger partial charge in [0.15, 0.2) is 0 Å². The number of Topliss-reactive ketones (excluding diaryl/α,β-unsaturated/α-hetero) is 1. The van der Waals surface area contributed by atoms with E-state index in [1.165, 1.54) is 0 Å². The summed E-state index contributed by atoms with van der Waals surface area (Å²) in [6.45, 7) is 4.23. The number of rotatable bonds is 5. The molecule has 3 nitrogen and oxygen atoms in total. The van der Waals surface area contributed by atoms with E-state index in [9.17, 15) is 4.79 Å². The average molecular weight is 268 g/mol. The van der Waals surface area contributed by atoms with Gasteiger partial charge in [-0.3, -0.25) is 9.69 Å². The largest absolute Gasteiger partial charge is 0.379 e. The predicted molar refractivity (Wildman–Crippen MR) is 72.1 cm³/mol. The minimum absolute atomic E-state index is 0.0694. The molecule has 98 valence electrons. The van der Waals surface area contributed by atoms with Crippen molar-refractivity contribution in [2.45, 2.75) is 18.9 Å². The third kappa shape index (κ3) is 3.10. The molecule has 1 saturated heterocycles. The molecule has 1 aromatic rings. The van der Waals surface area contributed by atoms with Crippen LogP contribution in [0, 0.1) is 0 Å². The molecule has 4 heteroatoms. The Labute approximate surface area is 113 Å². The zero-order valence-electron chi connectivity index (χ0n) is 10.7. The van der Waals surface area contributed by atoms with Crippen LogP contribution < -0.4 is 0 Å². The van der Waals surface area contributed by atoms with E-state index >= 15 is 0 Å². The Bertz CT molecular complexity index is 412. The van der Waals surface area contributed by atoms with Crippen molar-refractivity contribution in [3.05, 3.63) is 34.9 Å². The molecule has 1 aliphatic heterocycles. The average Bonchev–Trinajstić information content (AvgIpc) is 2.29. The Morgan fingerprint density at radius 1 is 1.44 bits per heavy atom. The fourth-order valence-electron chi connectivity index (χ4n) is 2.24. The molecule has 0 aliphatic carbocycles. The van der Waals surface area contributed by atoms with Crippen LogP contribution in [0.3, 0.4) is 0 Å². The fourth-order valence-corrected chi connectivity index (χ4v) is 2.37. The molecule has 1 heterocycles. The first kappa shape index (κ1) is 13.5. The Kier molecular flexibility index (Phi) is 4.38. The van der Waals surface area contributed by atoms with E-state index in [1.807, 2.05) is 24.3 Å². The third-order valence-corrected chi connectivity index (χ3v) is 3.71. The van der Waals surface area contributed by atoms with Crippen molar-refractivity contribution >= 4 is 17.4 Å². The number of ketones is 1. The normalized spacial score (nSPS) is 18.4. The van der Waals surface area contributed by atoms with Gasteiger partial charge >= 0.3 is 0 Å². The molecule has 2 rings (SSSR count). The Hall–Kier alpha value is -0.900. The van der Waals surface area contributed by atoms with Gasteiger partial charge in [0.25, 0.3) is 0 Å². The number of benzene rings is 1. The van der Waals surface area contributed by atoms with Crippen LogP contribution >= 0.6 is 11.6 Å². The number of carbonyl (C=O) groups excluding carboxylic acids is 1. The van der Waals surface area contributed by atoms with Gasteiger partial charge < -0.3 is 4.74 Å². The van der Waals surface area contributed by atoms with E-state index in [0.717, 1.165) is 25.2 Å². The van der Waals surface area contributed by atoms with Crippen LogP contribution in [0.5, 0.6) is 0 Å². The zero-order valence-corrected chi connectivity index (χ0v) is 11.5. The molecule has 1 aliphatic rings. The molecule has 0 bridgehead atoms. The first-order chi connectivity index (χ1) is 8.60. The van der Waals surface area contributed by atoms with Gasteiger partial charge in [-0.05, 0) is 24.6 Å². The van der Waals surface area contributed by atoms with Crippen molar-refractivity contribution in [2.75, 3.05) is 26.7 Å². The van der Waals surface area contributed by atoms with Crippen LogP contribution in [0.15, 0.2) is 24.3 Å². The second kappa shape index (κ2) is 5.83. The molecular weight excluding hydrogens is 250 g/mol. The van der Waals surface area contributed by atoms with Crippen molar-refractivity contribution < 1.29 is 9.53 Å². The lowest BCUT2D eigenvalue weighted by Gasteiger charge is -2.39. The van der Waals surface area contributed by atoms with Gasteiger partial charge in [0.2, 0.25) is 0 Å². The number of halogens is 1. The van der Waals surface area contributed by atoms with Crippen molar-refractivity contribution in [1.29, 1.82) is 0 Å². The second-order valence-electron chi connectivity index (χ2n) is 4.79. The molecule has 18 heavy (non-hydrogen) atoms. The van der Waals surface area contributed by atoms with Gasteiger partial charge in [-0.25, -0.2) is 0 Å². The summed E-state index contributed by atoms with van der Waals surface area (Å²) in [6, 6.07) is 7.53.